The zero-order valence-corrected chi connectivity index (χ0v) is 12.9. The van der Waals surface area contributed by atoms with E-state index in [1.54, 1.807) is 13.2 Å². The number of hydrogen-bond donors (Lipinski definition) is 1. The van der Waals surface area contributed by atoms with Crippen LogP contribution in [0.1, 0.15) is 57.6 Å². The normalized spacial score (nSPS) is 18.2. The van der Waals surface area contributed by atoms with Crippen LogP contribution in [-0.2, 0) is 0 Å². The maximum absolute atomic E-state index is 10.2. The molecular formula is C17H27NO2. The largest absolute Gasteiger partial charge is 0.507 e. The van der Waals surface area contributed by atoms with E-state index >= 15 is 0 Å². The highest BCUT2D eigenvalue weighted by Gasteiger charge is 2.26. The summed E-state index contributed by atoms with van der Waals surface area (Å²) in [6, 6.07) is 6.53. The van der Waals surface area contributed by atoms with E-state index < -0.39 is 0 Å². The highest BCUT2D eigenvalue weighted by molar-refractivity contribution is 5.41. The number of ether oxygens (including phenoxy) is 1. The molecule has 0 radical (unpaired) electrons. The van der Waals surface area contributed by atoms with Crippen LogP contribution >= 0.6 is 0 Å². The van der Waals surface area contributed by atoms with Gasteiger partial charge in [0.15, 0.2) is 0 Å². The van der Waals surface area contributed by atoms with Crippen LogP contribution in [-0.4, -0.2) is 29.7 Å². The first-order chi connectivity index (χ1) is 9.67. The lowest BCUT2D eigenvalue weighted by Gasteiger charge is -2.38. The van der Waals surface area contributed by atoms with Gasteiger partial charge in [-0.15, -0.1) is 0 Å². The first-order valence-electron chi connectivity index (χ1n) is 7.80. The second-order valence-corrected chi connectivity index (χ2v) is 5.72. The first kappa shape index (κ1) is 15.2. The molecule has 0 amide bonds. The Bertz CT molecular complexity index is 427. The third-order valence-electron chi connectivity index (χ3n) is 4.59. The maximum Gasteiger partial charge on any atom is 0.124 e. The number of aromatic hydroxyl groups is 1. The van der Waals surface area contributed by atoms with Crippen molar-refractivity contribution in [2.75, 3.05) is 13.7 Å². The van der Waals surface area contributed by atoms with Gasteiger partial charge in [-0.3, -0.25) is 4.90 Å². The highest BCUT2D eigenvalue weighted by atomic mass is 16.5. The van der Waals surface area contributed by atoms with Gasteiger partial charge in [0.25, 0.3) is 0 Å². The molecule has 1 saturated carbocycles. The average Bonchev–Trinajstić information content (AvgIpc) is 2.48. The summed E-state index contributed by atoms with van der Waals surface area (Å²) in [4.78, 5) is 2.53. The minimum atomic E-state index is 0.244. The monoisotopic (exact) mass is 277 g/mol. The fourth-order valence-corrected chi connectivity index (χ4v) is 3.44. The Hall–Kier alpha value is -1.22. The second-order valence-electron chi connectivity index (χ2n) is 5.72. The summed E-state index contributed by atoms with van der Waals surface area (Å²) in [5.74, 6) is 1.05. The van der Waals surface area contributed by atoms with E-state index in [-0.39, 0.29) is 6.04 Å². The third kappa shape index (κ3) is 3.26. The summed E-state index contributed by atoms with van der Waals surface area (Å²) in [7, 11) is 1.62. The van der Waals surface area contributed by atoms with Crippen molar-refractivity contribution in [1.29, 1.82) is 0 Å². The van der Waals surface area contributed by atoms with E-state index in [4.69, 9.17) is 4.74 Å². The lowest BCUT2D eigenvalue weighted by molar-refractivity contribution is 0.118. The van der Waals surface area contributed by atoms with Crippen LogP contribution in [0, 0.1) is 0 Å². The maximum atomic E-state index is 10.2. The van der Waals surface area contributed by atoms with Gasteiger partial charge in [-0.2, -0.15) is 0 Å². The predicted molar refractivity (Wildman–Crippen MR) is 82.3 cm³/mol. The molecule has 1 aliphatic carbocycles. The number of methoxy groups -OCH3 is 1. The van der Waals surface area contributed by atoms with E-state index in [9.17, 15) is 5.11 Å². The quantitative estimate of drug-likeness (QED) is 0.879. The zero-order valence-electron chi connectivity index (χ0n) is 12.9. The summed E-state index contributed by atoms with van der Waals surface area (Å²) < 4.78 is 5.16. The molecule has 1 unspecified atom stereocenters. The number of hydrogen-bond acceptors (Lipinski definition) is 3. The summed E-state index contributed by atoms with van der Waals surface area (Å²) >= 11 is 0. The molecule has 20 heavy (non-hydrogen) atoms. The van der Waals surface area contributed by atoms with Gasteiger partial charge in [0, 0.05) is 23.7 Å². The Morgan fingerprint density at radius 1 is 1.30 bits per heavy atom. The number of rotatable bonds is 5. The molecule has 1 aromatic carbocycles. The van der Waals surface area contributed by atoms with Crippen molar-refractivity contribution in [3.63, 3.8) is 0 Å². The van der Waals surface area contributed by atoms with Crippen LogP contribution < -0.4 is 4.74 Å². The van der Waals surface area contributed by atoms with E-state index in [1.807, 2.05) is 12.1 Å². The Morgan fingerprint density at radius 3 is 2.55 bits per heavy atom. The molecule has 2 rings (SSSR count). The standard InChI is InChI=1S/C17H27NO2/c1-4-18(14-8-6-5-7-9-14)13(2)16-11-10-15(20-3)12-17(16)19/h10-14,19H,4-9H2,1-3H3. The number of nitrogens with zero attached hydrogens (tertiary/aromatic N) is 1. The predicted octanol–water partition coefficient (Wildman–Crippen LogP) is 4.12. The Balaban J connectivity index is 2.16. The van der Waals surface area contributed by atoms with Gasteiger partial charge >= 0.3 is 0 Å². The smallest absolute Gasteiger partial charge is 0.124 e. The summed E-state index contributed by atoms with van der Waals surface area (Å²) in [5, 5.41) is 10.2. The van der Waals surface area contributed by atoms with Crippen LogP contribution in [0.4, 0.5) is 0 Å². The summed E-state index contributed by atoms with van der Waals surface area (Å²) in [6.07, 6.45) is 6.62. The van der Waals surface area contributed by atoms with Gasteiger partial charge in [0.05, 0.1) is 7.11 Å². The number of phenols is 1. The minimum Gasteiger partial charge on any atom is -0.507 e. The van der Waals surface area contributed by atoms with E-state index in [0.29, 0.717) is 17.5 Å². The second kappa shape index (κ2) is 6.98. The van der Waals surface area contributed by atoms with Crippen LogP contribution in [0.5, 0.6) is 11.5 Å². The highest BCUT2D eigenvalue weighted by Crippen LogP contribution is 2.35. The van der Waals surface area contributed by atoms with Gasteiger partial charge in [-0.05, 0) is 32.4 Å². The molecule has 1 aromatic rings. The third-order valence-corrected chi connectivity index (χ3v) is 4.59. The SMILES string of the molecule is CCN(C1CCCCC1)C(C)c1ccc(OC)cc1O. The minimum absolute atomic E-state index is 0.244. The van der Waals surface area contributed by atoms with Crippen LogP contribution in [0.15, 0.2) is 18.2 Å². The van der Waals surface area contributed by atoms with Crippen LogP contribution in [0.25, 0.3) is 0 Å². The van der Waals surface area contributed by atoms with Gasteiger partial charge in [0.2, 0.25) is 0 Å². The van der Waals surface area contributed by atoms with Crippen molar-refractivity contribution in [2.24, 2.45) is 0 Å². The molecule has 1 fully saturated rings. The Morgan fingerprint density at radius 2 is 2.00 bits per heavy atom. The number of phenolic OH excluding ortho intramolecular Hbond substituents is 1. The van der Waals surface area contributed by atoms with Crippen LogP contribution in [0.3, 0.4) is 0 Å². The van der Waals surface area contributed by atoms with Crippen molar-refractivity contribution >= 4 is 0 Å². The molecule has 1 atom stereocenters. The van der Waals surface area contributed by atoms with E-state index in [1.165, 1.54) is 32.1 Å². The Kier molecular flexibility index (Phi) is 5.30. The lowest BCUT2D eigenvalue weighted by atomic mass is 9.92. The molecule has 0 aromatic heterocycles. The molecule has 1 N–H and O–H groups in total. The molecule has 0 heterocycles. The average molecular weight is 277 g/mol. The summed E-state index contributed by atoms with van der Waals surface area (Å²) in [5.41, 5.74) is 0.998. The molecule has 112 valence electrons. The van der Waals surface area contributed by atoms with Crippen molar-refractivity contribution in [2.45, 2.75) is 58.0 Å². The molecule has 1 aliphatic rings. The fraction of sp³-hybridized carbons (Fsp3) is 0.647. The molecule has 0 bridgehead atoms. The van der Waals surface area contributed by atoms with E-state index in [2.05, 4.69) is 18.7 Å². The van der Waals surface area contributed by atoms with Crippen molar-refractivity contribution in [3.8, 4) is 11.5 Å². The van der Waals surface area contributed by atoms with Crippen molar-refractivity contribution in [3.05, 3.63) is 23.8 Å². The van der Waals surface area contributed by atoms with Gasteiger partial charge < -0.3 is 9.84 Å². The van der Waals surface area contributed by atoms with Gasteiger partial charge in [-0.1, -0.05) is 32.3 Å². The summed E-state index contributed by atoms with van der Waals surface area (Å²) in [6.45, 7) is 5.43. The number of benzene rings is 1. The van der Waals surface area contributed by atoms with E-state index in [0.717, 1.165) is 12.1 Å². The fourth-order valence-electron chi connectivity index (χ4n) is 3.44. The van der Waals surface area contributed by atoms with Crippen LogP contribution in [0.2, 0.25) is 0 Å². The van der Waals surface area contributed by atoms with Gasteiger partial charge in [0.1, 0.15) is 11.5 Å². The molecule has 0 aliphatic heterocycles. The lowest BCUT2D eigenvalue weighted by Crippen LogP contribution is -2.38. The molecular weight excluding hydrogens is 250 g/mol. The topological polar surface area (TPSA) is 32.7 Å². The first-order valence-corrected chi connectivity index (χ1v) is 7.80. The van der Waals surface area contributed by atoms with Gasteiger partial charge in [-0.25, -0.2) is 0 Å². The molecule has 3 nitrogen and oxygen atoms in total. The van der Waals surface area contributed by atoms with Crippen molar-refractivity contribution < 1.29 is 9.84 Å². The molecule has 0 saturated heterocycles. The molecule has 3 heteroatoms. The Labute approximate surface area is 122 Å². The van der Waals surface area contributed by atoms with Crippen molar-refractivity contribution in [1.82, 2.24) is 4.90 Å². The molecule has 0 spiro atoms. The zero-order chi connectivity index (χ0) is 14.5.